The Morgan fingerprint density at radius 1 is 1.32 bits per heavy atom. The maximum Gasteiger partial charge on any atom is 0.417 e. The number of nitrogens with one attached hydrogen (secondary N) is 1. The predicted molar refractivity (Wildman–Crippen MR) is 109 cm³/mol. The Hall–Kier alpha value is -2.32. The van der Waals surface area contributed by atoms with Crippen LogP contribution < -0.4 is 10.2 Å². The zero-order chi connectivity index (χ0) is 23.0. The smallest absolute Gasteiger partial charge is 0.371 e. The summed E-state index contributed by atoms with van der Waals surface area (Å²) in [6.45, 7) is 2.68. The zero-order valence-corrected chi connectivity index (χ0v) is 18.2. The van der Waals surface area contributed by atoms with Crippen LogP contribution in [0, 0.1) is 22.7 Å². The molecule has 2 saturated heterocycles. The van der Waals surface area contributed by atoms with E-state index < -0.39 is 38.7 Å². The summed E-state index contributed by atoms with van der Waals surface area (Å²) in [5, 5.41) is 11.6. The number of hydrogen-bond donors (Lipinski definition) is 1. The summed E-state index contributed by atoms with van der Waals surface area (Å²) < 4.78 is 66.1. The molecule has 1 spiro atoms. The molecule has 11 heteroatoms. The van der Waals surface area contributed by atoms with Crippen molar-refractivity contribution in [3.63, 3.8) is 0 Å². The van der Waals surface area contributed by atoms with Gasteiger partial charge >= 0.3 is 6.18 Å². The van der Waals surface area contributed by atoms with E-state index >= 15 is 0 Å². The van der Waals surface area contributed by atoms with Crippen molar-refractivity contribution in [1.29, 1.82) is 5.26 Å². The van der Waals surface area contributed by atoms with Crippen molar-refractivity contribution in [3.8, 4) is 6.07 Å². The Labute approximate surface area is 179 Å². The summed E-state index contributed by atoms with van der Waals surface area (Å²) >= 11 is 0. The van der Waals surface area contributed by atoms with Gasteiger partial charge in [0.25, 0.3) is 0 Å². The number of anilines is 1. The topological polar surface area (TPSA) is 93.5 Å². The average molecular weight is 459 g/mol. The number of piperidine rings is 1. The summed E-state index contributed by atoms with van der Waals surface area (Å²) in [5.74, 6) is -0.783. The van der Waals surface area contributed by atoms with Crippen LogP contribution in [0.2, 0.25) is 0 Å². The Kier molecular flexibility index (Phi) is 6.26. The highest BCUT2D eigenvalue weighted by atomic mass is 32.2. The molecule has 2 aliphatic rings. The van der Waals surface area contributed by atoms with E-state index in [0.717, 1.165) is 6.07 Å². The van der Waals surface area contributed by atoms with Gasteiger partial charge in [0, 0.05) is 44.3 Å². The normalized spacial score (nSPS) is 21.8. The highest BCUT2D eigenvalue weighted by molar-refractivity contribution is 7.89. The van der Waals surface area contributed by atoms with Gasteiger partial charge in [-0.15, -0.1) is 0 Å². The number of rotatable bonds is 4. The van der Waals surface area contributed by atoms with Crippen LogP contribution in [-0.4, -0.2) is 57.6 Å². The van der Waals surface area contributed by atoms with Gasteiger partial charge < -0.3 is 10.2 Å². The predicted octanol–water partition coefficient (Wildman–Crippen LogP) is 2.19. The van der Waals surface area contributed by atoms with Gasteiger partial charge in [0.1, 0.15) is 0 Å². The van der Waals surface area contributed by atoms with Gasteiger partial charge in [-0.2, -0.15) is 18.4 Å². The number of benzene rings is 1. The molecule has 3 rings (SSSR count). The Balaban J connectivity index is 1.84. The van der Waals surface area contributed by atoms with E-state index in [0.29, 0.717) is 31.6 Å². The molecule has 1 amide bonds. The number of alkyl halides is 3. The number of carbonyl (C=O) groups excluding carboxylic acids is 1. The maximum absolute atomic E-state index is 13.3. The molecule has 0 aliphatic carbocycles. The van der Waals surface area contributed by atoms with Crippen molar-refractivity contribution in [3.05, 3.63) is 29.3 Å². The van der Waals surface area contributed by atoms with Gasteiger partial charge in [0.2, 0.25) is 15.9 Å². The lowest BCUT2D eigenvalue weighted by molar-refractivity contribution is -0.137. The second-order valence-corrected chi connectivity index (χ2v) is 10.3. The van der Waals surface area contributed by atoms with E-state index in [9.17, 15) is 26.4 Å². The number of halogens is 3. The number of nitriles is 1. The minimum atomic E-state index is -4.64. The number of hydrogen-bond acceptors (Lipinski definition) is 5. The highest BCUT2D eigenvalue weighted by Crippen LogP contribution is 2.46. The van der Waals surface area contributed by atoms with E-state index in [2.05, 4.69) is 5.32 Å². The molecule has 7 nitrogen and oxygen atoms in total. The molecule has 31 heavy (non-hydrogen) atoms. The lowest BCUT2D eigenvalue weighted by Gasteiger charge is -2.43. The molecule has 1 N–H and O–H groups in total. The molecular weight excluding hydrogens is 433 g/mol. The molecule has 0 aromatic heterocycles. The Morgan fingerprint density at radius 3 is 2.48 bits per heavy atom. The highest BCUT2D eigenvalue weighted by Gasteiger charge is 2.53. The molecule has 1 aromatic carbocycles. The van der Waals surface area contributed by atoms with Crippen molar-refractivity contribution in [2.45, 2.75) is 25.9 Å². The van der Waals surface area contributed by atoms with Crippen LogP contribution >= 0.6 is 0 Å². The summed E-state index contributed by atoms with van der Waals surface area (Å²) in [5.41, 5.74) is -1.61. The molecular formula is C20H25F3N4O3S. The fourth-order valence-electron chi connectivity index (χ4n) is 4.63. The molecule has 170 valence electrons. The molecule has 0 saturated carbocycles. The summed E-state index contributed by atoms with van der Waals surface area (Å²) in [6, 6.07) is 5.22. The van der Waals surface area contributed by atoms with Crippen LogP contribution in [0.1, 0.15) is 30.9 Å². The fraction of sp³-hybridized carbons (Fsp3) is 0.600. The van der Waals surface area contributed by atoms with E-state index in [1.807, 2.05) is 0 Å². The van der Waals surface area contributed by atoms with Gasteiger partial charge in [-0.3, -0.25) is 4.79 Å². The van der Waals surface area contributed by atoms with Crippen LogP contribution in [0.25, 0.3) is 0 Å². The fourth-order valence-corrected chi connectivity index (χ4v) is 5.83. The molecule has 1 unspecified atom stereocenters. The molecule has 2 aliphatic heterocycles. The third-order valence-corrected chi connectivity index (χ3v) is 8.29. The summed E-state index contributed by atoms with van der Waals surface area (Å²) in [6.07, 6.45) is -3.69. The van der Waals surface area contributed by atoms with Crippen molar-refractivity contribution in [2.75, 3.05) is 43.9 Å². The number of amides is 1. The van der Waals surface area contributed by atoms with Gasteiger partial charge in [0.15, 0.2) is 0 Å². The van der Waals surface area contributed by atoms with Crippen molar-refractivity contribution < 1.29 is 26.4 Å². The average Bonchev–Trinajstić information content (AvgIpc) is 3.12. The Bertz CT molecular complexity index is 996. The van der Waals surface area contributed by atoms with Crippen molar-refractivity contribution in [2.24, 2.45) is 11.3 Å². The molecule has 2 heterocycles. The number of carbonyl (C=O) groups is 1. The van der Waals surface area contributed by atoms with E-state index in [-0.39, 0.29) is 24.7 Å². The third kappa shape index (κ3) is 4.36. The number of sulfonamides is 1. The van der Waals surface area contributed by atoms with Crippen molar-refractivity contribution in [1.82, 2.24) is 9.62 Å². The standard InChI is InChI=1S/C20H25F3N4O3S/c1-3-31(29,30)27-12-17(18(28)25-2)19(13-27)6-8-26(9-7-19)15-5-4-14(11-24)16(10-15)20(21,22)23/h4-5,10,17H,3,6-9,12-13H2,1-2H3,(H,25,28). The van der Waals surface area contributed by atoms with Crippen LogP contribution in [0.5, 0.6) is 0 Å². The van der Waals surface area contributed by atoms with Gasteiger partial charge in [-0.25, -0.2) is 12.7 Å². The summed E-state index contributed by atoms with van der Waals surface area (Å²) in [7, 11) is -1.95. The second-order valence-electron chi connectivity index (χ2n) is 8.05. The summed E-state index contributed by atoms with van der Waals surface area (Å²) in [4.78, 5) is 14.3. The van der Waals surface area contributed by atoms with Crippen LogP contribution in [0.4, 0.5) is 18.9 Å². The first-order valence-corrected chi connectivity index (χ1v) is 11.6. The van der Waals surface area contributed by atoms with Crippen LogP contribution in [0.15, 0.2) is 18.2 Å². The van der Waals surface area contributed by atoms with E-state index in [1.165, 1.54) is 23.5 Å². The van der Waals surface area contributed by atoms with E-state index in [4.69, 9.17) is 5.26 Å². The molecule has 2 fully saturated rings. The van der Waals surface area contributed by atoms with Crippen molar-refractivity contribution >= 4 is 21.6 Å². The minimum absolute atomic E-state index is 0.0544. The maximum atomic E-state index is 13.3. The zero-order valence-electron chi connectivity index (χ0n) is 17.4. The molecule has 1 aromatic rings. The first-order valence-electron chi connectivity index (χ1n) is 10.0. The SMILES string of the molecule is CCS(=O)(=O)N1CC(C(=O)NC)C2(CCN(c3ccc(C#N)c(C(F)(F)F)c3)CC2)C1. The van der Waals surface area contributed by atoms with Crippen LogP contribution in [0.3, 0.4) is 0 Å². The minimum Gasteiger partial charge on any atom is -0.371 e. The molecule has 0 bridgehead atoms. The first kappa shape index (κ1) is 23.3. The third-order valence-electron chi connectivity index (χ3n) is 6.49. The second kappa shape index (κ2) is 8.31. The quantitative estimate of drug-likeness (QED) is 0.747. The van der Waals surface area contributed by atoms with Gasteiger partial charge in [-0.1, -0.05) is 0 Å². The van der Waals surface area contributed by atoms with Gasteiger partial charge in [0.05, 0.1) is 28.9 Å². The first-order chi connectivity index (χ1) is 14.5. The largest absolute Gasteiger partial charge is 0.417 e. The monoisotopic (exact) mass is 458 g/mol. The number of nitrogens with zero attached hydrogens (tertiary/aromatic N) is 3. The van der Waals surface area contributed by atoms with Gasteiger partial charge in [-0.05, 0) is 38.0 Å². The van der Waals surface area contributed by atoms with E-state index in [1.54, 1.807) is 17.9 Å². The molecule has 0 radical (unpaired) electrons. The molecule has 1 atom stereocenters. The lowest BCUT2D eigenvalue weighted by Crippen LogP contribution is -2.48. The van der Waals surface area contributed by atoms with Crippen LogP contribution in [-0.2, 0) is 21.0 Å². The Morgan fingerprint density at radius 2 is 1.97 bits per heavy atom. The lowest BCUT2D eigenvalue weighted by atomic mass is 9.70.